The topological polar surface area (TPSA) is 90.8 Å². The van der Waals surface area contributed by atoms with Crippen LogP contribution in [0.15, 0.2) is 41.5 Å². The third kappa shape index (κ3) is 5.92. The maximum atomic E-state index is 12.0. The highest BCUT2D eigenvalue weighted by Gasteiger charge is 2.26. The first-order valence-corrected chi connectivity index (χ1v) is 9.88. The van der Waals surface area contributed by atoms with Gasteiger partial charge in [-0.2, -0.15) is 5.10 Å². The molecule has 6 nitrogen and oxygen atoms in total. The van der Waals surface area contributed by atoms with Gasteiger partial charge in [-0.05, 0) is 47.6 Å². The van der Waals surface area contributed by atoms with Crippen LogP contribution in [0.1, 0.15) is 63.8 Å². The Balaban J connectivity index is 2.17. The highest BCUT2D eigenvalue weighted by atomic mass is 16.3. The van der Waals surface area contributed by atoms with E-state index in [1.807, 2.05) is 72.7 Å². The largest absolute Gasteiger partial charge is 0.507 e. The van der Waals surface area contributed by atoms with Crippen LogP contribution in [-0.4, -0.2) is 23.1 Å². The van der Waals surface area contributed by atoms with Crippen molar-refractivity contribution in [3.63, 3.8) is 0 Å². The average molecular weight is 410 g/mol. The fraction of sp³-hybridized carbons (Fsp3) is 0.375. The van der Waals surface area contributed by atoms with Crippen LogP contribution in [0.5, 0.6) is 5.75 Å². The summed E-state index contributed by atoms with van der Waals surface area (Å²) in [6.45, 7) is 14.1. The second-order valence-electron chi connectivity index (χ2n) is 9.48. The normalized spacial score (nSPS) is 12.1. The summed E-state index contributed by atoms with van der Waals surface area (Å²) in [5, 5.41) is 17.2. The Kier molecular flexibility index (Phi) is 6.70. The Morgan fingerprint density at radius 1 is 0.900 bits per heavy atom. The Hall–Kier alpha value is -3.15. The van der Waals surface area contributed by atoms with E-state index in [4.69, 9.17) is 0 Å². The number of amides is 2. The van der Waals surface area contributed by atoms with Crippen molar-refractivity contribution in [2.45, 2.75) is 59.3 Å². The van der Waals surface area contributed by atoms with Gasteiger partial charge in [0, 0.05) is 16.8 Å². The number of hydrogen-bond acceptors (Lipinski definition) is 4. The molecule has 0 aliphatic carbocycles. The monoisotopic (exact) mass is 409 g/mol. The average Bonchev–Trinajstić information content (AvgIpc) is 2.62. The van der Waals surface area contributed by atoms with Crippen molar-refractivity contribution in [1.29, 1.82) is 0 Å². The molecule has 2 aromatic rings. The molecular weight excluding hydrogens is 378 g/mol. The molecule has 0 spiro atoms. The summed E-state index contributed by atoms with van der Waals surface area (Å²) in [6.07, 6.45) is 1.47. The van der Waals surface area contributed by atoms with Crippen molar-refractivity contribution in [3.05, 3.63) is 58.7 Å². The molecule has 0 radical (unpaired) electrons. The van der Waals surface area contributed by atoms with Gasteiger partial charge in [0.2, 0.25) is 0 Å². The smallest absolute Gasteiger partial charge is 0.329 e. The summed E-state index contributed by atoms with van der Waals surface area (Å²) in [5.41, 5.74) is 5.60. The van der Waals surface area contributed by atoms with Gasteiger partial charge in [0.15, 0.2) is 0 Å². The molecule has 3 N–H and O–H groups in total. The van der Waals surface area contributed by atoms with Gasteiger partial charge in [-0.25, -0.2) is 5.43 Å². The molecule has 2 aromatic carbocycles. The van der Waals surface area contributed by atoms with E-state index >= 15 is 0 Å². The fourth-order valence-electron chi connectivity index (χ4n) is 2.92. The fourth-order valence-corrected chi connectivity index (χ4v) is 2.92. The Morgan fingerprint density at radius 3 is 1.87 bits per heavy atom. The van der Waals surface area contributed by atoms with Gasteiger partial charge >= 0.3 is 11.8 Å². The summed E-state index contributed by atoms with van der Waals surface area (Å²) >= 11 is 0. The second kappa shape index (κ2) is 8.69. The van der Waals surface area contributed by atoms with E-state index < -0.39 is 11.8 Å². The van der Waals surface area contributed by atoms with E-state index in [1.165, 1.54) is 6.21 Å². The van der Waals surface area contributed by atoms with E-state index in [2.05, 4.69) is 15.8 Å². The molecule has 0 bridgehead atoms. The van der Waals surface area contributed by atoms with Crippen molar-refractivity contribution >= 4 is 23.7 Å². The first kappa shape index (κ1) is 23.1. The second-order valence-corrected chi connectivity index (χ2v) is 9.48. The molecule has 0 unspecified atom stereocenters. The SMILES string of the molecule is Cc1ccc(NC(=O)C(=O)N/N=C/c2cc(C(C)(C)C)c(O)c(C(C)(C)C)c2)cc1. The summed E-state index contributed by atoms with van der Waals surface area (Å²) in [5.74, 6) is -1.39. The Morgan fingerprint density at radius 2 is 1.40 bits per heavy atom. The van der Waals surface area contributed by atoms with Gasteiger partial charge in [-0.3, -0.25) is 9.59 Å². The predicted molar refractivity (Wildman–Crippen MR) is 121 cm³/mol. The zero-order valence-electron chi connectivity index (χ0n) is 18.8. The summed E-state index contributed by atoms with van der Waals surface area (Å²) < 4.78 is 0. The lowest BCUT2D eigenvalue weighted by molar-refractivity contribution is -0.136. The van der Waals surface area contributed by atoms with Crippen LogP contribution in [0.25, 0.3) is 0 Å². The standard InChI is InChI=1S/C24H31N3O3/c1-15-8-10-17(11-9-15)26-21(29)22(30)27-25-14-16-12-18(23(2,3)4)20(28)19(13-16)24(5,6)7/h8-14,28H,1-7H3,(H,26,29)(H,27,30)/b25-14+. The van der Waals surface area contributed by atoms with Gasteiger partial charge in [0.1, 0.15) is 5.75 Å². The highest BCUT2D eigenvalue weighted by molar-refractivity contribution is 6.39. The van der Waals surface area contributed by atoms with Crippen LogP contribution in [0, 0.1) is 6.92 Å². The molecule has 0 aromatic heterocycles. The first-order valence-electron chi connectivity index (χ1n) is 9.88. The number of nitrogens with one attached hydrogen (secondary N) is 2. The number of benzene rings is 2. The van der Waals surface area contributed by atoms with Crippen LogP contribution in [0.4, 0.5) is 5.69 Å². The highest BCUT2D eigenvalue weighted by Crippen LogP contribution is 2.39. The van der Waals surface area contributed by atoms with E-state index in [9.17, 15) is 14.7 Å². The Labute approximate surface area is 178 Å². The first-order chi connectivity index (χ1) is 13.8. The molecule has 0 fully saturated rings. The zero-order chi connectivity index (χ0) is 22.7. The van der Waals surface area contributed by atoms with Crippen molar-refractivity contribution in [2.24, 2.45) is 5.10 Å². The van der Waals surface area contributed by atoms with Gasteiger partial charge < -0.3 is 10.4 Å². The number of hydrazone groups is 1. The molecule has 2 amide bonds. The number of carbonyl (C=O) groups excluding carboxylic acids is 2. The van der Waals surface area contributed by atoms with Crippen LogP contribution >= 0.6 is 0 Å². The minimum atomic E-state index is -0.863. The third-order valence-electron chi connectivity index (χ3n) is 4.64. The molecule has 0 saturated carbocycles. The number of phenolic OH excluding ortho intramolecular Hbond substituents is 1. The van der Waals surface area contributed by atoms with Gasteiger partial charge in [-0.15, -0.1) is 0 Å². The number of anilines is 1. The number of rotatable bonds is 3. The third-order valence-corrected chi connectivity index (χ3v) is 4.64. The van der Waals surface area contributed by atoms with Crippen molar-refractivity contribution < 1.29 is 14.7 Å². The van der Waals surface area contributed by atoms with E-state index in [1.54, 1.807) is 12.1 Å². The van der Waals surface area contributed by atoms with E-state index in [0.717, 1.165) is 22.3 Å². The molecule has 2 rings (SSSR count). The lowest BCUT2D eigenvalue weighted by Gasteiger charge is -2.27. The molecule has 0 aliphatic rings. The number of phenols is 1. The number of aromatic hydroxyl groups is 1. The van der Waals surface area contributed by atoms with Gasteiger partial charge in [0.05, 0.1) is 6.21 Å². The maximum absolute atomic E-state index is 12.0. The quantitative estimate of drug-likeness (QED) is 0.399. The van der Waals surface area contributed by atoms with E-state index in [0.29, 0.717) is 5.69 Å². The number of nitrogens with zero attached hydrogens (tertiary/aromatic N) is 1. The molecular formula is C24H31N3O3. The number of hydrogen-bond donors (Lipinski definition) is 3. The predicted octanol–water partition coefficient (Wildman–Crippen LogP) is 4.38. The molecule has 160 valence electrons. The van der Waals surface area contributed by atoms with Crippen molar-refractivity contribution in [2.75, 3.05) is 5.32 Å². The van der Waals surface area contributed by atoms with Crippen molar-refractivity contribution in [1.82, 2.24) is 5.43 Å². The van der Waals surface area contributed by atoms with Gasteiger partial charge in [0.25, 0.3) is 0 Å². The molecule has 30 heavy (non-hydrogen) atoms. The number of carbonyl (C=O) groups is 2. The molecule has 6 heteroatoms. The minimum absolute atomic E-state index is 0.272. The molecule has 0 saturated heterocycles. The molecule has 0 heterocycles. The number of aryl methyl sites for hydroxylation is 1. The van der Waals surface area contributed by atoms with Crippen LogP contribution < -0.4 is 10.7 Å². The zero-order valence-corrected chi connectivity index (χ0v) is 18.8. The summed E-state index contributed by atoms with van der Waals surface area (Å²) in [4.78, 5) is 24.1. The van der Waals surface area contributed by atoms with Crippen molar-refractivity contribution in [3.8, 4) is 5.75 Å². The lowest BCUT2D eigenvalue weighted by Crippen LogP contribution is -2.32. The molecule has 0 atom stereocenters. The summed E-state index contributed by atoms with van der Waals surface area (Å²) in [7, 11) is 0. The maximum Gasteiger partial charge on any atom is 0.329 e. The van der Waals surface area contributed by atoms with Crippen LogP contribution in [0.3, 0.4) is 0 Å². The van der Waals surface area contributed by atoms with Crippen LogP contribution in [-0.2, 0) is 20.4 Å². The summed E-state index contributed by atoms with van der Waals surface area (Å²) in [6, 6.07) is 10.8. The van der Waals surface area contributed by atoms with Crippen LogP contribution in [0.2, 0.25) is 0 Å². The van der Waals surface area contributed by atoms with E-state index in [-0.39, 0.29) is 16.6 Å². The lowest BCUT2D eigenvalue weighted by atomic mass is 9.78. The van der Waals surface area contributed by atoms with Gasteiger partial charge in [-0.1, -0.05) is 59.2 Å². The Bertz CT molecular complexity index is 928. The molecule has 0 aliphatic heterocycles. The minimum Gasteiger partial charge on any atom is -0.507 e.